The summed E-state index contributed by atoms with van der Waals surface area (Å²) in [5.41, 5.74) is 0.0233. The fourth-order valence-corrected chi connectivity index (χ4v) is 1.96. The van der Waals surface area contributed by atoms with Crippen LogP contribution in [-0.2, 0) is 9.53 Å². The molecule has 0 saturated carbocycles. The zero-order chi connectivity index (χ0) is 15.8. The zero-order valence-corrected chi connectivity index (χ0v) is 13.0. The van der Waals surface area contributed by atoms with Gasteiger partial charge in [-0.15, -0.1) is 0 Å². The SMILES string of the molecule is CCOC(=O)CCCNC(=O)c1ccc(Br)c([N+](=O)[O-])c1. The minimum Gasteiger partial charge on any atom is -0.466 e. The van der Waals surface area contributed by atoms with E-state index in [0.29, 0.717) is 24.0 Å². The molecule has 0 unspecified atom stereocenters. The number of nitro groups is 1. The van der Waals surface area contributed by atoms with Crippen LogP contribution >= 0.6 is 15.9 Å². The van der Waals surface area contributed by atoms with Gasteiger partial charge in [-0.2, -0.15) is 0 Å². The molecule has 0 fully saturated rings. The van der Waals surface area contributed by atoms with Gasteiger partial charge in [0.05, 0.1) is 16.0 Å². The van der Waals surface area contributed by atoms with Crippen molar-refractivity contribution >= 4 is 33.5 Å². The highest BCUT2D eigenvalue weighted by atomic mass is 79.9. The predicted molar refractivity (Wildman–Crippen MR) is 79.0 cm³/mol. The van der Waals surface area contributed by atoms with Crippen LogP contribution in [-0.4, -0.2) is 30.0 Å². The van der Waals surface area contributed by atoms with Gasteiger partial charge in [0.25, 0.3) is 11.6 Å². The molecule has 0 aliphatic heterocycles. The van der Waals surface area contributed by atoms with E-state index in [-0.39, 0.29) is 23.6 Å². The predicted octanol–water partition coefficient (Wildman–Crippen LogP) is 2.43. The van der Waals surface area contributed by atoms with Crippen LogP contribution in [0.3, 0.4) is 0 Å². The lowest BCUT2D eigenvalue weighted by Crippen LogP contribution is -2.25. The number of nitrogens with one attached hydrogen (secondary N) is 1. The van der Waals surface area contributed by atoms with Crippen LogP contribution in [0, 0.1) is 10.1 Å². The highest BCUT2D eigenvalue weighted by Crippen LogP contribution is 2.25. The highest BCUT2D eigenvalue weighted by Gasteiger charge is 2.15. The number of nitrogens with zero attached hydrogens (tertiary/aromatic N) is 1. The van der Waals surface area contributed by atoms with Crippen molar-refractivity contribution in [2.45, 2.75) is 19.8 Å². The van der Waals surface area contributed by atoms with Crippen molar-refractivity contribution in [3.05, 3.63) is 38.3 Å². The van der Waals surface area contributed by atoms with Gasteiger partial charge in [0, 0.05) is 24.6 Å². The van der Waals surface area contributed by atoms with Crippen LogP contribution in [0.1, 0.15) is 30.1 Å². The van der Waals surface area contributed by atoms with Crippen LogP contribution in [0.4, 0.5) is 5.69 Å². The molecule has 0 aliphatic rings. The van der Waals surface area contributed by atoms with E-state index in [1.807, 2.05) is 0 Å². The van der Waals surface area contributed by atoms with E-state index in [0.717, 1.165) is 0 Å². The first-order valence-corrected chi connectivity index (χ1v) is 7.12. The maximum absolute atomic E-state index is 11.8. The Morgan fingerprint density at radius 3 is 2.76 bits per heavy atom. The molecule has 1 amide bonds. The molecule has 0 radical (unpaired) electrons. The maximum atomic E-state index is 11.8. The summed E-state index contributed by atoms with van der Waals surface area (Å²) in [7, 11) is 0. The lowest BCUT2D eigenvalue weighted by atomic mass is 10.2. The molecule has 1 aromatic carbocycles. The second-order valence-electron chi connectivity index (χ2n) is 4.09. The Balaban J connectivity index is 2.51. The van der Waals surface area contributed by atoms with Gasteiger partial charge in [-0.3, -0.25) is 19.7 Å². The number of nitro benzene ring substituents is 1. The largest absolute Gasteiger partial charge is 0.466 e. The Kier molecular flexibility index (Phi) is 6.80. The van der Waals surface area contributed by atoms with Crippen LogP contribution in [0.15, 0.2) is 22.7 Å². The van der Waals surface area contributed by atoms with E-state index in [1.165, 1.54) is 18.2 Å². The number of rotatable bonds is 7. The van der Waals surface area contributed by atoms with Gasteiger partial charge in [0.1, 0.15) is 0 Å². The van der Waals surface area contributed by atoms with Crippen molar-refractivity contribution < 1.29 is 19.2 Å². The molecule has 7 nitrogen and oxygen atoms in total. The van der Waals surface area contributed by atoms with E-state index in [9.17, 15) is 19.7 Å². The molecule has 21 heavy (non-hydrogen) atoms. The Morgan fingerprint density at radius 1 is 1.43 bits per heavy atom. The first-order chi connectivity index (χ1) is 9.95. The molecule has 0 bridgehead atoms. The molecule has 8 heteroatoms. The summed E-state index contributed by atoms with van der Waals surface area (Å²) in [6.07, 6.45) is 0.664. The third-order valence-electron chi connectivity index (χ3n) is 2.55. The number of halogens is 1. The Labute approximate surface area is 129 Å². The summed E-state index contributed by atoms with van der Waals surface area (Å²) in [6.45, 7) is 2.34. The van der Waals surface area contributed by atoms with Gasteiger partial charge in [0.2, 0.25) is 0 Å². The van der Waals surface area contributed by atoms with E-state index >= 15 is 0 Å². The van der Waals surface area contributed by atoms with Gasteiger partial charge in [-0.1, -0.05) is 0 Å². The third kappa shape index (κ3) is 5.50. The Morgan fingerprint density at radius 2 is 2.14 bits per heavy atom. The zero-order valence-electron chi connectivity index (χ0n) is 11.4. The minimum absolute atomic E-state index is 0.172. The molecule has 0 aliphatic carbocycles. The molecular weight excluding hydrogens is 344 g/mol. The van der Waals surface area contributed by atoms with Crippen molar-refractivity contribution in [2.24, 2.45) is 0 Å². The number of hydrogen-bond donors (Lipinski definition) is 1. The third-order valence-corrected chi connectivity index (χ3v) is 3.22. The summed E-state index contributed by atoms with van der Waals surface area (Å²) < 4.78 is 5.07. The van der Waals surface area contributed by atoms with Crippen LogP contribution < -0.4 is 5.32 Å². The normalized spacial score (nSPS) is 10.0. The highest BCUT2D eigenvalue weighted by molar-refractivity contribution is 9.10. The lowest BCUT2D eigenvalue weighted by molar-refractivity contribution is -0.385. The maximum Gasteiger partial charge on any atom is 0.305 e. The van der Waals surface area contributed by atoms with E-state index in [4.69, 9.17) is 4.74 Å². The van der Waals surface area contributed by atoms with Crippen LogP contribution in [0.25, 0.3) is 0 Å². The second-order valence-corrected chi connectivity index (χ2v) is 4.94. The fraction of sp³-hybridized carbons (Fsp3) is 0.385. The number of carbonyl (C=O) groups excluding carboxylic acids is 2. The van der Waals surface area contributed by atoms with Gasteiger partial charge >= 0.3 is 5.97 Å². The molecule has 114 valence electrons. The molecule has 0 aromatic heterocycles. The molecule has 1 aromatic rings. The van der Waals surface area contributed by atoms with E-state index in [1.54, 1.807) is 6.92 Å². The van der Waals surface area contributed by atoms with Crippen molar-refractivity contribution in [3.8, 4) is 0 Å². The van der Waals surface area contributed by atoms with Crippen LogP contribution in [0.5, 0.6) is 0 Å². The number of benzene rings is 1. The summed E-state index contributed by atoms with van der Waals surface area (Å²) in [4.78, 5) is 33.2. The number of carbonyl (C=O) groups is 2. The lowest BCUT2D eigenvalue weighted by Gasteiger charge is -2.05. The van der Waals surface area contributed by atoms with Crippen molar-refractivity contribution in [3.63, 3.8) is 0 Å². The molecule has 0 saturated heterocycles. The molecule has 1 N–H and O–H groups in total. The summed E-state index contributed by atoms with van der Waals surface area (Å²) in [5, 5.41) is 13.4. The van der Waals surface area contributed by atoms with Crippen molar-refractivity contribution in [2.75, 3.05) is 13.2 Å². The first-order valence-electron chi connectivity index (χ1n) is 6.33. The standard InChI is InChI=1S/C13H15BrN2O5/c1-2-21-12(17)4-3-7-15-13(18)9-5-6-10(14)11(8-9)16(19)20/h5-6,8H,2-4,7H2,1H3,(H,15,18). The molecule has 0 spiro atoms. The van der Waals surface area contributed by atoms with E-state index in [2.05, 4.69) is 21.2 Å². The quantitative estimate of drug-likeness (QED) is 0.349. The topological polar surface area (TPSA) is 98.5 Å². The van der Waals surface area contributed by atoms with Gasteiger partial charge in [0.15, 0.2) is 0 Å². The molecule has 0 heterocycles. The number of ether oxygens (including phenoxy) is 1. The van der Waals surface area contributed by atoms with Crippen LogP contribution in [0.2, 0.25) is 0 Å². The smallest absolute Gasteiger partial charge is 0.305 e. The fourth-order valence-electron chi connectivity index (χ4n) is 1.56. The van der Waals surface area contributed by atoms with Crippen molar-refractivity contribution in [1.82, 2.24) is 5.32 Å². The molecular formula is C13H15BrN2O5. The number of amides is 1. The average molecular weight is 359 g/mol. The summed E-state index contributed by atoms with van der Waals surface area (Å²) in [5.74, 6) is -0.736. The summed E-state index contributed by atoms with van der Waals surface area (Å²) >= 11 is 3.05. The minimum atomic E-state index is -0.568. The molecule has 0 atom stereocenters. The van der Waals surface area contributed by atoms with Crippen molar-refractivity contribution in [1.29, 1.82) is 0 Å². The molecule has 1 rings (SSSR count). The van der Waals surface area contributed by atoms with E-state index < -0.39 is 10.8 Å². The Hall–Kier alpha value is -1.96. The van der Waals surface area contributed by atoms with Gasteiger partial charge in [-0.05, 0) is 41.4 Å². The number of hydrogen-bond acceptors (Lipinski definition) is 5. The average Bonchev–Trinajstić information content (AvgIpc) is 2.43. The van der Waals surface area contributed by atoms with Gasteiger partial charge in [-0.25, -0.2) is 0 Å². The van der Waals surface area contributed by atoms with Gasteiger partial charge < -0.3 is 10.1 Å². The monoisotopic (exact) mass is 358 g/mol. The number of esters is 1. The summed E-state index contributed by atoms with van der Waals surface area (Å²) in [6, 6.07) is 4.13. The Bertz CT molecular complexity index is 547. The second kappa shape index (κ2) is 8.35. The first kappa shape index (κ1) is 17.1.